The van der Waals surface area contributed by atoms with Crippen LogP contribution in [0, 0.1) is 6.92 Å². The summed E-state index contributed by atoms with van der Waals surface area (Å²) < 4.78 is 5.74. The molecule has 0 atom stereocenters. The van der Waals surface area contributed by atoms with E-state index in [4.69, 9.17) is 4.74 Å². The van der Waals surface area contributed by atoms with E-state index in [-0.39, 0.29) is 5.78 Å². The van der Waals surface area contributed by atoms with E-state index in [2.05, 4.69) is 0 Å². The Bertz CT molecular complexity index is 613. The van der Waals surface area contributed by atoms with Crippen molar-refractivity contribution < 1.29 is 9.53 Å². The van der Waals surface area contributed by atoms with Crippen molar-refractivity contribution in [3.8, 4) is 5.75 Å². The Morgan fingerprint density at radius 1 is 1.15 bits per heavy atom. The highest BCUT2D eigenvalue weighted by atomic mass is 16.5. The molecule has 2 heteroatoms. The molecule has 0 amide bonds. The Morgan fingerprint density at radius 3 is 2.55 bits per heavy atom. The van der Waals surface area contributed by atoms with E-state index in [9.17, 15) is 4.79 Å². The zero-order valence-electron chi connectivity index (χ0n) is 11.8. The maximum atomic E-state index is 11.8. The predicted molar refractivity (Wildman–Crippen MR) is 81.1 cm³/mol. The Hall–Kier alpha value is -2.35. The normalized spacial score (nSPS) is 10.7. The minimum atomic E-state index is 0.0274. The molecule has 0 aliphatic heterocycles. The summed E-state index contributed by atoms with van der Waals surface area (Å²) in [7, 11) is 0. The van der Waals surface area contributed by atoms with Crippen molar-refractivity contribution >= 4 is 5.78 Å². The summed E-state index contributed by atoms with van der Waals surface area (Å²) in [6, 6.07) is 15.6. The number of hydrogen-bond acceptors (Lipinski definition) is 2. The fourth-order valence-corrected chi connectivity index (χ4v) is 1.98. The number of allylic oxidation sites excluding steroid dienone is 2. The average Bonchev–Trinajstić information content (AvgIpc) is 2.46. The molecule has 2 rings (SSSR count). The van der Waals surface area contributed by atoms with Crippen molar-refractivity contribution in [3.05, 3.63) is 77.4 Å². The lowest BCUT2D eigenvalue weighted by molar-refractivity contribution is 0.104. The Kier molecular flexibility index (Phi) is 4.72. The highest BCUT2D eigenvalue weighted by Gasteiger charge is 2.06. The van der Waals surface area contributed by atoms with Gasteiger partial charge in [0, 0.05) is 5.56 Å². The standard InChI is InChI=1S/C18H18O2/c1-3-7-18(19)17-11-10-16(12-14(17)2)20-13-15-8-5-4-6-9-15/h3-12H,13H2,1-2H3/b7-3+. The number of ketones is 1. The van der Waals surface area contributed by atoms with Gasteiger partial charge in [-0.1, -0.05) is 36.4 Å². The van der Waals surface area contributed by atoms with Crippen molar-refractivity contribution in [2.75, 3.05) is 0 Å². The number of ether oxygens (including phenoxy) is 1. The van der Waals surface area contributed by atoms with E-state index in [1.807, 2.05) is 62.4 Å². The topological polar surface area (TPSA) is 26.3 Å². The molecule has 0 aliphatic carbocycles. The zero-order chi connectivity index (χ0) is 14.4. The van der Waals surface area contributed by atoms with Crippen molar-refractivity contribution in [1.29, 1.82) is 0 Å². The number of aryl methyl sites for hydroxylation is 1. The van der Waals surface area contributed by atoms with Crippen LogP contribution in [0.5, 0.6) is 5.75 Å². The lowest BCUT2D eigenvalue weighted by Gasteiger charge is -2.09. The van der Waals surface area contributed by atoms with Gasteiger partial charge in [-0.2, -0.15) is 0 Å². The summed E-state index contributed by atoms with van der Waals surface area (Å²) in [5, 5.41) is 0. The lowest BCUT2D eigenvalue weighted by Crippen LogP contribution is -2.00. The van der Waals surface area contributed by atoms with Crippen LogP contribution >= 0.6 is 0 Å². The third-order valence-corrected chi connectivity index (χ3v) is 3.03. The molecule has 102 valence electrons. The van der Waals surface area contributed by atoms with E-state index in [0.29, 0.717) is 6.61 Å². The fourth-order valence-electron chi connectivity index (χ4n) is 1.98. The maximum absolute atomic E-state index is 11.8. The maximum Gasteiger partial charge on any atom is 0.185 e. The third-order valence-electron chi connectivity index (χ3n) is 3.03. The molecule has 0 radical (unpaired) electrons. The number of carbonyl (C=O) groups excluding carboxylic acids is 1. The molecule has 0 spiro atoms. The monoisotopic (exact) mass is 266 g/mol. The van der Waals surface area contributed by atoms with Gasteiger partial charge in [-0.15, -0.1) is 0 Å². The van der Waals surface area contributed by atoms with Crippen molar-refractivity contribution in [2.45, 2.75) is 20.5 Å². The molecule has 20 heavy (non-hydrogen) atoms. The van der Waals surface area contributed by atoms with Crippen molar-refractivity contribution in [2.24, 2.45) is 0 Å². The van der Waals surface area contributed by atoms with Crippen LogP contribution in [-0.4, -0.2) is 5.78 Å². The van der Waals surface area contributed by atoms with Crippen LogP contribution < -0.4 is 4.74 Å². The van der Waals surface area contributed by atoms with Crippen LogP contribution in [0.4, 0.5) is 0 Å². The van der Waals surface area contributed by atoms with Gasteiger partial charge in [-0.05, 0) is 49.2 Å². The predicted octanol–water partition coefficient (Wildman–Crippen LogP) is 4.33. The third kappa shape index (κ3) is 3.58. The van der Waals surface area contributed by atoms with E-state index in [0.717, 1.165) is 22.4 Å². The molecule has 0 aromatic heterocycles. The molecule has 2 aromatic carbocycles. The largest absolute Gasteiger partial charge is 0.489 e. The van der Waals surface area contributed by atoms with Crippen LogP contribution in [0.2, 0.25) is 0 Å². The summed E-state index contributed by atoms with van der Waals surface area (Å²) in [4.78, 5) is 11.8. The molecule has 2 aromatic rings. The number of hydrogen-bond donors (Lipinski definition) is 0. The minimum Gasteiger partial charge on any atom is -0.489 e. The summed E-state index contributed by atoms with van der Waals surface area (Å²) >= 11 is 0. The summed E-state index contributed by atoms with van der Waals surface area (Å²) in [6.45, 7) is 4.29. The number of carbonyl (C=O) groups is 1. The molecular formula is C18H18O2. The molecule has 0 bridgehead atoms. The van der Waals surface area contributed by atoms with Crippen molar-refractivity contribution in [1.82, 2.24) is 0 Å². The van der Waals surface area contributed by atoms with Gasteiger partial charge in [0.05, 0.1) is 0 Å². The summed E-state index contributed by atoms with van der Waals surface area (Å²) in [6.07, 6.45) is 3.33. The molecule has 0 saturated carbocycles. The van der Waals surface area contributed by atoms with E-state index in [1.165, 1.54) is 0 Å². The molecule has 2 nitrogen and oxygen atoms in total. The van der Waals surface area contributed by atoms with Gasteiger partial charge in [0.25, 0.3) is 0 Å². The number of benzene rings is 2. The fraction of sp³-hybridized carbons (Fsp3) is 0.167. The van der Waals surface area contributed by atoms with E-state index < -0.39 is 0 Å². The molecule has 0 unspecified atom stereocenters. The van der Waals surface area contributed by atoms with Gasteiger partial charge >= 0.3 is 0 Å². The van der Waals surface area contributed by atoms with Gasteiger partial charge in [0.15, 0.2) is 5.78 Å². The molecule has 0 fully saturated rings. The van der Waals surface area contributed by atoms with Crippen LogP contribution in [0.3, 0.4) is 0 Å². The molecule has 0 N–H and O–H groups in total. The quantitative estimate of drug-likeness (QED) is 0.594. The van der Waals surface area contributed by atoms with Gasteiger partial charge in [-0.25, -0.2) is 0 Å². The summed E-state index contributed by atoms with van der Waals surface area (Å²) in [5.74, 6) is 0.808. The van der Waals surface area contributed by atoms with Gasteiger partial charge in [0.1, 0.15) is 12.4 Å². The Balaban J connectivity index is 2.07. The van der Waals surface area contributed by atoms with E-state index in [1.54, 1.807) is 12.2 Å². The molecule has 0 saturated heterocycles. The second kappa shape index (κ2) is 6.71. The zero-order valence-corrected chi connectivity index (χ0v) is 11.8. The Labute approximate surface area is 119 Å². The van der Waals surface area contributed by atoms with Crippen LogP contribution in [0.25, 0.3) is 0 Å². The van der Waals surface area contributed by atoms with Crippen LogP contribution in [-0.2, 0) is 6.61 Å². The first-order chi connectivity index (χ1) is 9.70. The number of rotatable bonds is 5. The van der Waals surface area contributed by atoms with Gasteiger partial charge < -0.3 is 4.74 Å². The molecule has 0 aliphatic rings. The second-order valence-corrected chi connectivity index (χ2v) is 4.62. The average molecular weight is 266 g/mol. The first-order valence-electron chi connectivity index (χ1n) is 6.65. The highest BCUT2D eigenvalue weighted by Crippen LogP contribution is 2.19. The first-order valence-corrected chi connectivity index (χ1v) is 6.65. The lowest BCUT2D eigenvalue weighted by atomic mass is 10.0. The SMILES string of the molecule is C/C=C/C(=O)c1ccc(OCc2ccccc2)cc1C. The first kappa shape index (κ1) is 14.1. The van der Waals surface area contributed by atoms with E-state index >= 15 is 0 Å². The Morgan fingerprint density at radius 2 is 1.90 bits per heavy atom. The van der Waals surface area contributed by atoms with Crippen molar-refractivity contribution in [3.63, 3.8) is 0 Å². The van der Waals surface area contributed by atoms with Gasteiger partial charge in [0.2, 0.25) is 0 Å². The van der Waals surface area contributed by atoms with Crippen LogP contribution in [0.15, 0.2) is 60.7 Å². The van der Waals surface area contributed by atoms with Crippen LogP contribution in [0.1, 0.15) is 28.4 Å². The highest BCUT2D eigenvalue weighted by molar-refractivity contribution is 6.05. The second-order valence-electron chi connectivity index (χ2n) is 4.62. The molecule has 0 heterocycles. The smallest absolute Gasteiger partial charge is 0.185 e. The minimum absolute atomic E-state index is 0.0274. The summed E-state index contributed by atoms with van der Waals surface area (Å²) in [5.41, 5.74) is 2.77. The molecular weight excluding hydrogens is 248 g/mol. The van der Waals surface area contributed by atoms with Gasteiger partial charge in [-0.3, -0.25) is 4.79 Å².